The molecule has 2 aliphatic rings. The molecule has 3 aromatic rings. The van der Waals surface area contributed by atoms with E-state index >= 15 is 0 Å². The van der Waals surface area contributed by atoms with Crippen LogP contribution in [0.2, 0.25) is 0 Å². The molecule has 39 heavy (non-hydrogen) atoms. The van der Waals surface area contributed by atoms with Gasteiger partial charge < -0.3 is 24.7 Å². The van der Waals surface area contributed by atoms with Crippen molar-refractivity contribution in [1.82, 2.24) is 25.2 Å². The fourth-order valence-corrected chi connectivity index (χ4v) is 4.58. The van der Waals surface area contributed by atoms with Crippen LogP contribution in [0.25, 0.3) is 11.3 Å². The van der Waals surface area contributed by atoms with Gasteiger partial charge in [-0.05, 0) is 42.7 Å². The fraction of sp³-hybridized carbons (Fsp3) is 0.462. The van der Waals surface area contributed by atoms with Gasteiger partial charge in [0.25, 0.3) is 6.01 Å². The fourth-order valence-electron chi connectivity index (χ4n) is 4.58. The highest BCUT2D eigenvalue weighted by molar-refractivity contribution is 5.75. The second-order valence-electron chi connectivity index (χ2n) is 9.50. The first kappa shape index (κ1) is 26.9. The number of carbonyl (C=O) groups is 1. The Balaban J connectivity index is 1.41. The van der Waals surface area contributed by atoms with Crippen LogP contribution in [0.3, 0.4) is 0 Å². The van der Waals surface area contributed by atoms with Gasteiger partial charge in [0.1, 0.15) is 5.69 Å². The summed E-state index contributed by atoms with van der Waals surface area (Å²) < 4.78 is 51.2. The number of anilines is 3. The minimum atomic E-state index is -4.58. The zero-order valence-corrected chi connectivity index (χ0v) is 21.3. The van der Waals surface area contributed by atoms with Gasteiger partial charge in [-0.15, -0.1) is 0 Å². The molecule has 2 aromatic heterocycles. The Morgan fingerprint density at radius 3 is 2.72 bits per heavy atom. The Bertz CT molecular complexity index is 1280. The number of amides is 1. The van der Waals surface area contributed by atoms with Gasteiger partial charge in [0, 0.05) is 63.1 Å². The molecule has 2 N–H and O–H groups in total. The van der Waals surface area contributed by atoms with Crippen molar-refractivity contribution in [2.75, 3.05) is 56.2 Å². The lowest BCUT2D eigenvalue weighted by Crippen LogP contribution is -2.35. The van der Waals surface area contributed by atoms with E-state index in [4.69, 9.17) is 9.15 Å². The molecule has 0 spiro atoms. The molecule has 0 atom stereocenters. The zero-order valence-electron chi connectivity index (χ0n) is 21.3. The number of aromatic nitrogens is 3. The van der Waals surface area contributed by atoms with E-state index in [-0.39, 0.29) is 11.9 Å². The number of benzene rings is 1. The number of nitrogens with zero attached hydrogens (tertiary/aromatic N) is 5. The number of halogens is 3. The van der Waals surface area contributed by atoms with Crippen molar-refractivity contribution in [2.24, 2.45) is 0 Å². The maximum atomic E-state index is 13.2. The van der Waals surface area contributed by atoms with Crippen molar-refractivity contribution >= 4 is 23.6 Å². The lowest BCUT2D eigenvalue weighted by atomic mass is 10.1. The predicted octanol–water partition coefficient (Wildman–Crippen LogP) is 3.83. The van der Waals surface area contributed by atoms with Crippen LogP contribution in [0, 0.1) is 0 Å². The van der Waals surface area contributed by atoms with Crippen molar-refractivity contribution in [3.63, 3.8) is 0 Å². The Kier molecular flexibility index (Phi) is 8.27. The molecule has 13 heteroatoms. The first-order chi connectivity index (χ1) is 18.8. The third-order valence-electron chi connectivity index (χ3n) is 6.54. The summed E-state index contributed by atoms with van der Waals surface area (Å²) in [7, 11) is 0. The van der Waals surface area contributed by atoms with E-state index in [1.807, 2.05) is 17.0 Å². The predicted molar refractivity (Wildman–Crippen MR) is 137 cm³/mol. The Labute approximate surface area is 223 Å². The van der Waals surface area contributed by atoms with Gasteiger partial charge >= 0.3 is 6.18 Å². The maximum absolute atomic E-state index is 13.2. The third kappa shape index (κ3) is 7.24. The number of alkyl halides is 3. The molecule has 10 nitrogen and oxygen atoms in total. The molecule has 0 saturated carbocycles. The molecule has 0 radical (unpaired) electrons. The molecule has 2 saturated heterocycles. The molecule has 2 aliphatic heterocycles. The quantitative estimate of drug-likeness (QED) is 0.478. The van der Waals surface area contributed by atoms with E-state index in [9.17, 15) is 18.0 Å². The number of morpholine rings is 1. The second-order valence-corrected chi connectivity index (χ2v) is 9.50. The summed E-state index contributed by atoms with van der Waals surface area (Å²) in [5, 5.41) is 5.82. The van der Waals surface area contributed by atoms with Gasteiger partial charge in [0.05, 0.1) is 19.4 Å². The average molecular weight is 546 g/mol. The van der Waals surface area contributed by atoms with Crippen LogP contribution in [0.1, 0.15) is 30.5 Å². The molecular formula is C26H30F3N7O3. The number of nitrogens with one attached hydrogen (secondary N) is 2. The highest BCUT2D eigenvalue weighted by atomic mass is 19.4. The van der Waals surface area contributed by atoms with E-state index in [1.54, 1.807) is 12.3 Å². The molecule has 208 valence electrons. The monoisotopic (exact) mass is 545 g/mol. The number of rotatable bonds is 6. The molecule has 1 amide bonds. The minimum Gasteiger partial charge on any atom is -0.423 e. The lowest BCUT2D eigenvalue weighted by molar-refractivity contribution is -0.141. The summed E-state index contributed by atoms with van der Waals surface area (Å²) >= 11 is 0. The first-order valence-corrected chi connectivity index (χ1v) is 12.9. The normalized spacial score (nSPS) is 17.7. The third-order valence-corrected chi connectivity index (χ3v) is 6.54. The van der Waals surface area contributed by atoms with Crippen LogP contribution >= 0.6 is 0 Å². The largest absolute Gasteiger partial charge is 0.433 e. The topological polar surface area (TPSA) is 109 Å². The highest BCUT2D eigenvalue weighted by Crippen LogP contribution is 2.31. The standard InChI is InChI=1S/C26H30F3N7O3/c27-26(28,29)22-4-5-31-24(34-22)33-20-14-18(17-35-9-11-38-12-10-35)13-19(15-20)21-16-32-25(39-21)36-7-2-1-3-23(37)30-6-8-36/h4-5,13-16H,1-3,6-12,17H2,(H,30,37)(H,31,33,34). The Hall–Kier alpha value is -3.71. The van der Waals surface area contributed by atoms with Gasteiger partial charge in [0.15, 0.2) is 5.76 Å². The van der Waals surface area contributed by atoms with Gasteiger partial charge in [-0.3, -0.25) is 9.69 Å². The Morgan fingerprint density at radius 2 is 1.90 bits per heavy atom. The number of carbonyl (C=O) groups excluding carboxylic acids is 1. The molecule has 0 unspecified atom stereocenters. The van der Waals surface area contributed by atoms with Crippen LogP contribution in [0.15, 0.2) is 41.1 Å². The summed E-state index contributed by atoms with van der Waals surface area (Å²) in [6.07, 6.45) is 0.267. The summed E-state index contributed by atoms with van der Waals surface area (Å²) in [6.45, 7) is 5.26. The average Bonchev–Trinajstić information content (AvgIpc) is 3.43. The first-order valence-electron chi connectivity index (χ1n) is 12.9. The summed E-state index contributed by atoms with van der Waals surface area (Å²) in [5.74, 6) is 0.411. The van der Waals surface area contributed by atoms with E-state index in [2.05, 4.69) is 30.5 Å². The van der Waals surface area contributed by atoms with Gasteiger partial charge in [-0.25, -0.2) is 15.0 Å². The SMILES string of the molecule is O=C1CCCCN(c2ncc(-c3cc(CN4CCOCC4)cc(Nc4nccc(C(F)(F)F)n4)c3)o2)CCN1. The second kappa shape index (κ2) is 12.0. The number of hydrogen-bond acceptors (Lipinski definition) is 9. The summed E-state index contributed by atoms with van der Waals surface area (Å²) in [5.41, 5.74) is 1.15. The van der Waals surface area contributed by atoms with Gasteiger partial charge in [0.2, 0.25) is 11.9 Å². The van der Waals surface area contributed by atoms with Crippen LogP contribution in [-0.4, -0.2) is 71.7 Å². The number of hydrogen-bond donors (Lipinski definition) is 2. The Morgan fingerprint density at radius 1 is 1.05 bits per heavy atom. The van der Waals surface area contributed by atoms with E-state index < -0.39 is 11.9 Å². The summed E-state index contributed by atoms with van der Waals surface area (Å²) in [4.78, 5) is 28.1. The van der Waals surface area contributed by atoms with Crippen LogP contribution in [-0.2, 0) is 22.3 Å². The molecular weight excluding hydrogens is 515 g/mol. The smallest absolute Gasteiger partial charge is 0.423 e. The molecule has 5 rings (SSSR count). The van der Waals surface area contributed by atoms with Crippen molar-refractivity contribution in [3.8, 4) is 11.3 Å². The minimum absolute atomic E-state index is 0.0480. The molecule has 4 heterocycles. The highest BCUT2D eigenvalue weighted by Gasteiger charge is 2.32. The number of ether oxygens (including phenoxy) is 1. The molecule has 1 aromatic carbocycles. The molecule has 0 aliphatic carbocycles. The van der Waals surface area contributed by atoms with Crippen LogP contribution in [0.4, 0.5) is 30.8 Å². The van der Waals surface area contributed by atoms with E-state index in [0.29, 0.717) is 68.8 Å². The molecule has 2 fully saturated rings. The summed E-state index contributed by atoms with van der Waals surface area (Å²) in [6, 6.07) is 6.91. The molecule has 0 bridgehead atoms. The maximum Gasteiger partial charge on any atom is 0.433 e. The zero-order chi connectivity index (χ0) is 27.2. The number of oxazole rings is 1. The van der Waals surface area contributed by atoms with E-state index in [1.165, 1.54) is 0 Å². The van der Waals surface area contributed by atoms with Crippen molar-refractivity contribution in [3.05, 3.63) is 47.9 Å². The van der Waals surface area contributed by atoms with Crippen molar-refractivity contribution in [2.45, 2.75) is 32.0 Å². The van der Waals surface area contributed by atoms with Crippen LogP contribution in [0.5, 0.6) is 0 Å². The van der Waals surface area contributed by atoms with Gasteiger partial charge in [-0.1, -0.05) is 0 Å². The van der Waals surface area contributed by atoms with Crippen molar-refractivity contribution < 1.29 is 27.1 Å². The van der Waals surface area contributed by atoms with E-state index in [0.717, 1.165) is 43.8 Å². The van der Waals surface area contributed by atoms with Gasteiger partial charge in [-0.2, -0.15) is 13.2 Å². The lowest BCUT2D eigenvalue weighted by Gasteiger charge is -2.27. The van der Waals surface area contributed by atoms with Crippen LogP contribution < -0.4 is 15.5 Å². The van der Waals surface area contributed by atoms with Crippen molar-refractivity contribution in [1.29, 1.82) is 0 Å².